The lowest BCUT2D eigenvalue weighted by atomic mass is 9.91. The van der Waals surface area contributed by atoms with Crippen molar-refractivity contribution in [3.05, 3.63) is 29.3 Å². The van der Waals surface area contributed by atoms with Crippen LogP contribution >= 0.6 is 0 Å². The van der Waals surface area contributed by atoms with Crippen LogP contribution in [-0.2, 0) is 9.59 Å². The molecule has 1 heterocycles. The summed E-state index contributed by atoms with van der Waals surface area (Å²) in [4.78, 5) is 38.1. The van der Waals surface area contributed by atoms with E-state index in [0.29, 0.717) is 23.1 Å². The summed E-state index contributed by atoms with van der Waals surface area (Å²) in [5.41, 5.74) is 2.03. The van der Waals surface area contributed by atoms with Gasteiger partial charge in [-0.15, -0.1) is 0 Å². The molecule has 1 saturated heterocycles. The van der Waals surface area contributed by atoms with Crippen molar-refractivity contribution in [2.75, 3.05) is 18.4 Å². The number of carbonyl (C=O) groups is 3. The van der Waals surface area contributed by atoms with Gasteiger partial charge in [-0.3, -0.25) is 14.4 Å². The number of hydrogen-bond donors (Lipinski definition) is 2. The van der Waals surface area contributed by atoms with E-state index in [-0.39, 0.29) is 17.7 Å². The van der Waals surface area contributed by atoms with Crippen molar-refractivity contribution >= 4 is 23.4 Å². The zero-order chi connectivity index (χ0) is 19.4. The van der Waals surface area contributed by atoms with Crippen LogP contribution in [-0.4, -0.2) is 41.8 Å². The Morgan fingerprint density at radius 2 is 1.77 bits per heavy atom. The number of nitrogens with one attached hydrogen (secondary N) is 2. The Morgan fingerprint density at radius 1 is 1.15 bits per heavy atom. The molecule has 1 fully saturated rings. The van der Waals surface area contributed by atoms with Crippen LogP contribution in [0.3, 0.4) is 0 Å². The molecule has 1 aromatic rings. The first-order chi connectivity index (χ1) is 12.2. The number of likely N-dealkylation sites (tertiary alicyclic amines) is 1. The van der Waals surface area contributed by atoms with E-state index in [4.69, 9.17) is 0 Å². The van der Waals surface area contributed by atoms with Gasteiger partial charge in [-0.25, -0.2) is 0 Å². The van der Waals surface area contributed by atoms with Crippen molar-refractivity contribution in [2.45, 2.75) is 47.1 Å². The van der Waals surface area contributed by atoms with Gasteiger partial charge in [0, 0.05) is 31.3 Å². The van der Waals surface area contributed by atoms with Gasteiger partial charge in [0.2, 0.25) is 11.8 Å². The monoisotopic (exact) mass is 359 g/mol. The number of benzene rings is 1. The second-order valence-electron chi connectivity index (χ2n) is 7.60. The number of rotatable bonds is 4. The van der Waals surface area contributed by atoms with Gasteiger partial charge in [-0.2, -0.15) is 0 Å². The Hall–Kier alpha value is -2.37. The number of aryl methyl sites for hydroxylation is 1. The molecule has 2 N–H and O–H groups in total. The normalized spacial score (nSPS) is 21.0. The molecule has 0 aliphatic carbocycles. The second kappa shape index (κ2) is 8.34. The molecule has 6 nitrogen and oxygen atoms in total. The fourth-order valence-electron chi connectivity index (χ4n) is 3.51. The maximum atomic E-state index is 12.9. The molecule has 0 spiro atoms. The largest absolute Gasteiger partial charge is 0.345 e. The van der Waals surface area contributed by atoms with E-state index in [1.165, 1.54) is 6.92 Å². The molecule has 3 atom stereocenters. The summed E-state index contributed by atoms with van der Waals surface area (Å²) in [5.74, 6) is 0.403. The first kappa shape index (κ1) is 19.9. The van der Waals surface area contributed by atoms with Crippen LogP contribution in [0.25, 0.3) is 0 Å². The number of nitrogens with zero attached hydrogens (tertiary/aromatic N) is 1. The van der Waals surface area contributed by atoms with E-state index >= 15 is 0 Å². The zero-order valence-electron chi connectivity index (χ0n) is 16.3. The average molecular weight is 359 g/mol. The highest BCUT2D eigenvalue weighted by atomic mass is 16.2. The smallest absolute Gasteiger partial charge is 0.253 e. The van der Waals surface area contributed by atoms with Gasteiger partial charge >= 0.3 is 0 Å². The Labute approximate surface area is 155 Å². The van der Waals surface area contributed by atoms with E-state index < -0.39 is 6.04 Å². The predicted molar refractivity (Wildman–Crippen MR) is 102 cm³/mol. The van der Waals surface area contributed by atoms with Gasteiger partial charge in [0.25, 0.3) is 5.91 Å². The van der Waals surface area contributed by atoms with Crippen LogP contribution in [0.1, 0.15) is 50.0 Å². The van der Waals surface area contributed by atoms with Gasteiger partial charge in [0.15, 0.2) is 0 Å². The van der Waals surface area contributed by atoms with E-state index in [0.717, 1.165) is 25.1 Å². The van der Waals surface area contributed by atoms with Crippen LogP contribution < -0.4 is 10.6 Å². The summed E-state index contributed by atoms with van der Waals surface area (Å²) in [5, 5.41) is 5.36. The van der Waals surface area contributed by atoms with Gasteiger partial charge in [-0.05, 0) is 49.8 Å². The fourth-order valence-corrected chi connectivity index (χ4v) is 3.51. The third kappa shape index (κ3) is 5.07. The maximum Gasteiger partial charge on any atom is 0.253 e. The average Bonchev–Trinajstić information content (AvgIpc) is 2.54. The maximum absolute atomic E-state index is 12.9. The van der Waals surface area contributed by atoms with Gasteiger partial charge in [0.1, 0.15) is 6.04 Å². The van der Waals surface area contributed by atoms with E-state index in [9.17, 15) is 14.4 Å². The van der Waals surface area contributed by atoms with Crippen molar-refractivity contribution in [3.63, 3.8) is 0 Å². The van der Waals surface area contributed by atoms with Crippen LogP contribution in [0.5, 0.6) is 0 Å². The number of amides is 3. The summed E-state index contributed by atoms with van der Waals surface area (Å²) in [7, 11) is 0. The first-order valence-corrected chi connectivity index (χ1v) is 9.15. The third-order valence-electron chi connectivity index (χ3n) is 4.71. The predicted octanol–water partition coefficient (Wildman–Crippen LogP) is 2.58. The SMILES string of the molecule is CC(=O)NC(C)C(=O)Nc1cc(C(=O)N2CC(C)CC(C)C2)ccc1C. The molecule has 6 heteroatoms. The minimum absolute atomic E-state index is 0.00573. The lowest BCUT2D eigenvalue weighted by Crippen LogP contribution is -2.42. The van der Waals surface area contributed by atoms with E-state index in [1.807, 2.05) is 17.9 Å². The van der Waals surface area contributed by atoms with Crippen molar-refractivity contribution in [1.82, 2.24) is 10.2 Å². The minimum Gasteiger partial charge on any atom is -0.345 e. The summed E-state index contributed by atoms with van der Waals surface area (Å²) in [6.07, 6.45) is 1.14. The van der Waals surface area contributed by atoms with Crippen molar-refractivity contribution in [1.29, 1.82) is 0 Å². The minimum atomic E-state index is -0.643. The summed E-state index contributed by atoms with van der Waals surface area (Å²) < 4.78 is 0. The van der Waals surface area contributed by atoms with Gasteiger partial charge in [-0.1, -0.05) is 19.9 Å². The number of carbonyl (C=O) groups excluding carboxylic acids is 3. The third-order valence-corrected chi connectivity index (χ3v) is 4.71. The second-order valence-corrected chi connectivity index (χ2v) is 7.60. The van der Waals surface area contributed by atoms with Crippen LogP contribution in [0.4, 0.5) is 5.69 Å². The quantitative estimate of drug-likeness (QED) is 0.867. The summed E-state index contributed by atoms with van der Waals surface area (Å²) >= 11 is 0. The highest BCUT2D eigenvalue weighted by molar-refractivity contribution is 6.00. The number of piperidine rings is 1. The van der Waals surface area contributed by atoms with Gasteiger partial charge in [0.05, 0.1) is 0 Å². The lowest BCUT2D eigenvalue weighted by Gasteiger charge is -2.35. The topological polar surface area (TPSA) is 78.5 Å². The molecule has 0 saturated carbocycles. The van der Waals surface area contributed by atoms with Crippen LogP contribution in [0.15, 0.2) is 18.2 Å². The molecule has 142 valence electrons. The highest BCUT2D eigenvalue weighted by Crippen LogP contribution is 2.24. The fraction of sp³-hybridized carbons (Fsp3) is 0.550. The Bertz CT molecular complexity index is 692. The molecule has 3 amide bonds. The molecule has 0 radical (unpaired) electrons. The number of hydrogen-bond acceptors (Lipinski definition) is 3. The van der Waals surface area contributed by atoms with Gasteiger partial charge < -0.3 is 15.5 Å². The standard InChI is InChI=1S/C20H29N3O3/c1-12-8-13(2)11-23(10-12)20(26)17-7-6-14(3)18(9-17)22-19(25)15(4)21-16(5)24/h6-7,9,12-13,15H,8,10-11H2,1-5H3,(H,21,24)(H,22,25). The van der Waals surface area contributed by atoms with Crippen LogP contribution in [0, 0.1) is 18.8 Å². The Morgan fingerprint density at radius 3 is 2.35 bits per heavy atom. The van der Waals surface area contributed by atoms with Crippen molar-refractivity contribution in [3.8, 4) is 0 Å². The molecular weight excluding hydrogens is 330 g/mol. The number of anilines is 1. The van der Waals surface area contributed by atoms with Crippen LogP contribution in [0.2, 0.25) is 0 Å². The first-order valence-electron chi connectivity index (χ1n) is 9.15. The van der Waals surface area contributed by atoms with Crippen molar-refractivity contribution in [2.24, 2.45) is 11.8 Å². The molecule has 3 unspecified atom stereocenters. The lowest BCUT2D eigenvalue weighted by molar-refractivity contribution is -0.124. The summed E-state index contributed by atoms with van der Waals surface area (Å²) in [6, 6.07) is 4.71. The molecule has 0 aromatic heterocycles. The van der Waals surface area contributed by atoms with E-state index in [1.54, 1.807) is 19.1 Å². The molecule has 2 rings (SSSR count). The van der Waals surface area contributed by atoms with E-state index in [2.05, 4.69) is 24.5 Å². The summed E-state index contributed by atoms with van der Waals surface area (Å²) in [6.45, 7) is 10.7. The molecule has 26 heavy (non-hydrogen) atoms. The highest BCUT2D eigenvalue weighted by Gasteiger charge is 2.26. The molecule has 0 bridgehead atoms. The van der Waals surface area contributed by atoms with Crippen molar-refractivity contribution < 1.29 is 14.4 Å². The molecule has 1 aromatic carbocycles. The molecule has 1 aliphatic rings. The molecule has 1 aliphatic heterocycles. The zero-order valence-corrected chi connectivity index (χ0v) is 16.3. The molecular formula is C20H29N3O3. The Kier molecular flexibility index (Phi) is 6.40. The Balaban J connectivity index is 2.14.